The van der Waals surface area contributed by atoms with Crippen molar-refractivity contribution in [2.75, 3.05) is 0 Å². The van der Waals surface area contributed by atoms with Gasteiger partial charge in [0, 0.05) is 22.9 Å². The highest BCUT2D eigenvalue weighted by Gasteiger charge is 2.07. The Labute approximate surface area is 105 Å². The van der Waals surface area contributed by atoms with Crippen LogP contribution in [0.15, 0.2) is 36.4 Å². The molecule has 0 saturated carbocycles. The summed E-state index contributed by atoms with van der Waals surface area (Å²) in [5, 5.41) is 1.24. The van der Waals surface area contributed by atoms with Gasteiger partial charge in [0.2, 0.25) is 0 Å². The SMILES string of the molecule is C1#Cc2sc3ccccc3c2C#CC/C=C\C1. The number of allylic oxidation sites excluding steroid dienone is 2. The Morgan fingerprint density at radius 3 is 2.59 bits per heavy atom. The molecule has 0 nitrogen and oxygen atoms in total. The number of benzene rings is 1. The molecule has 1 aliphatic carbocycles. The summed E-state index contributed by atoms with van der Waals surface area (Å²) < 4.78 is 1.27. The molecule has 17 heavy (non-hydrogen) atoms. The van der Waals surface area contributed by atoms with E-state index in [0.717, 1.165) is 23.3 Å². The van der Waals surface area contributed by atoms with Crippen molar-refractivity contribution < 1.29 is 0 Å². The topological polar surface area (TPSA) is 0 Å². The van der Waals surface area contributed by atoms with E-state index < -0.39 is 0 Å². The van der Waals surface area contributed by atoms with E-state index in [-0.39, 0.29) is 0 Å². The number of thiophene rings is 1. The maximum absolute atomic E-state index is 3.26. The fourth-order valence-electron chi connectivity index (χ4n) is 1.81. The van der Waals surface area contributed by atoms with Crippen LogP contribution in [-0.2, 0) is 0 Å². The monoisotopic (exact) mass is 234 g/mol. The molecule has 1 heterocycles. The second kappa shape index (κ2) is 4.50. The minimum absolute atomic E-state index is 0.811. The molecule has 3 rings (SSSR count). The van der Waals surface area contributed by atoms with E-state index in [4.69, 9.17) is 0 Å². The molecule has 0 bridgehead atoms. The van der Waals surface area contributed by atoms with Crippen LogP contribution in [0.3, 0.4) is 0 Å². The van der Waals surface area contributed by atoms with Crippen molar-refractivity contribution >= 4 is 21.4 Å². The summed E-state index contributed by atoms with van der Waals surface area (Å²) in [4.78, 5) is 1.11. The molecule has 1 heteroatoms. The van der Waals surface area contributed by atoms with Crippen molar-refractivity contribution in [3.63, 3.8) is 0 Å². The first-order valence-corrected chi connectivity index (χ1v) is 6.41. The van der Waals surface area contributed by atoms with E-state index in [1.54, 1.807) is 11.3 Å². The summed E-state index contributed by atoms with van der Waals surface area (Å²) in [5.74, 6) is 12.9. The lowest BCUT2D eigenvalue weighted by Gasteiger charge is -1.90. The summed E-state index contributed by atoms with van der Waals surface area (Å²) in [7, 11) is 0. The molecule has 0 atom stereocenters. The Bertz CT molecular complexity index is 709. The zero-order chi connectivity index (χ0) is 11.5. The van der Waals surface area contributed by atoms with Crippen LogP contribution in [0.4, 0.5) is 0 Å². The maximum Gasteiger partial charge on any atom is 0.0937 e. The molecule has 2 aromatic rings. The van der Waals surface area contributed by atoms with Gasteiger partial charge >= 0.3 is 0 Å². The highest BCUT2D eigenvalue weighted by molar-refractivity contribution is 7.19. The third-order valence-electron chi connectivity index (χ3n) is 2.62. The highest BCUT2D eigenvalue weighted by Crippen LogP contribution is 2.30. The van der Waals surface area contributed by atoms with Gasteiger partial charge in [-0.15, -0.1) is 11.3 Å². The Hall–Kier alpha value is -1.96. The lowest BCUT2D eigenvalue weighted by molar-refractivity contribution is 1.37. The van der Waals surface area contributed by atoms with E-state index in [1.807, 2.05) is 0 Å². The van der Waals surface area contributed by atoms with Crippen LogP contribution in [-0.4, -0.2) is 0 Å². The third kappa shape index (κ3) is 1.98. The van der Waals surface area contributed by atoms with Gasteiger partial charge in [-0.2, -0.15) is 0 Å². The van der Waals surface area contributed by atoms with Crippen molar-refractivity contribution in [3.05, 3.63) is 46.9 Å². The van der Waals surface area contributed by atoms with Crippen molar-refractivity contribution in [2.45, 2.75) is 12.8 Å². The van der Waals surface area contributed by atoms with Crippen LogP contribution in [0, 0.1) is 23.7 Å². The van der Waals surface area contributed by atoms with Gasteiger partial charge in [-0.1, -0.05) is 54.0 Å². The summed E-state index contributed by atoms with van der Waals surface area (Å²) >= 11 is 1.74. The molecule has 1 aliphatic rings. The Balaban J connectivity index is 2.27. The molecule has 0 aliphatic heterocycles. The zero-order valence-electron chi connectivity index (χ0n) is 9.29. The fraction of sp³-hybridized carbons (Fsp3) is 0.125. The molecular weight excluding hydrogens is 224 g/mol. The lowest BCUT2D eigenvalue weighted by Crippen LogP contribution is -1.77. The predicted molar refractivity (Wildman–Crippen MR) is 74.0 cm³/mol. The Kier molecular flexibility index (Phi) is 2.70. The molecule has 0 spiro atoms. The standard InChI is InChI=1S/C16H10S/c1-2-4-6-11-15-13(9-5-3-1)14-10-7-8-12-16(14)17-15/h1-2,7-8,10,12H,3-4H2/b2-1-. The molecule has 0 fully saturated rings. The lowest BCUT2D eigenvalue weighted by atomic mass is 10.1. The molecule has 0 unspecified atom stereocenters. The van der Waals surface area contributed by atoms with Gasteiger partial charge in [0.05, 0.1) is 10.4 Å². The van der Waals surface area contributed by atoms with Crippen LogP contribution in [0.1, 0.15) is 23.3 Å². The van der Waals surface area contributed by atoms with Gasteiger partial charge in [0.25, 0.3) is 0 Å². The molecule has 0 amide bonds. The van der Waals surface area contributed by atoms with Crippen molar-refractivity contribution in [1.82, 2.24) is 0 Å². The van der Waals surface area contributed by atoms with Gasteiger partial charge in [0.15, 0.2) is 0 Å². The van der Waals surface area contributed by atoms with Gasteiger partial charge < -0.3 is 0 Å². The number of fused-ring (bicyclic) bond motifs is 3. The zero-order valence-corrected chi connectivity index (χ0v) is 10.1. The molecule has 1 aromatic carbocycles. The Morgan fingerprint density at radius 1 is 0.941 bits per heavy atom. The molecule has 0 N–H and O–H groups in total. The average Bonchev–Trinajstić information content (AvgIpc) is 2.72. The van der Waals surface area contributed by atoms with Crippen LogP contribution >= 0.6 is 11.3 Å². The summed E-state index contributed by atoms with van der Waals surface area (Å²) in [6.07, 6.45) is 5.79. The minimum Gasteiger partial charge on any atom is -0.125 e. The number of hydrogen-bond acceptors (Lipinski definition) is 1. The van der Waals surface area contributed by atoms with E-state index in [1.165, 1.54) is 10.1 Å². The van der Waals surface area contributed by atoms with Gasteiger partial charge in [-0.05, 0) is 6.07 Å². The molecule has 0 radical (unpaired) electrons. The highest BCUT2D eigenvalue weighted by atomic mass is 32.1. The summed E-state index contributed by atoms with van der Waals surface area (Å²) in [5.41, 5.74) is 1.10. The fourth-order valence-corrected chi connectivity index (χ4v) is 2.85. The molecular formula is C16H10S. The van der Waals surface area contributed by atoms with Crippen LogP contribution in [0.2, 0.25) is 0 Å². The van der Waals surface area contributed by atoms with Crippen molar-refractivity contribution in [3.8, 4) is 23.7 Å². The normalized spacial score (nSPS) is 15.1. The van der Waals surface area contributed by atoms with E-state index in [0.29, 0.717) is 0 Å². The van der Waals surface area contributed by atoms with Crippen molar-refractivity contribution in [1.29, 1.82) is 0 Å². The Morgan fingerprint density at radius 2 is 1.71 bits per heavy atom. The molecule has 1 aromatic heterocycles. The van der Waals surface area contributed by atoms with Gasteiger partial charge in [0.1, 0.15) is 0 Å². The smallest absolute Gasteiger partial charge is 0.0937 e. The van der Waals surface area contributed by atoms with E-state index in [9.17, 15) is 0 Å². The first-order valence-electron chi connectivity index (χ1n) is 5.59. The van der Waals surface area contributed by atoms with Crippen LogP contribution in [0.5, 0.6) is 0 Å². The first-order chi connectivity index (χ1) is 8.45. The van der Waals surface area contributed by atoms with E-state index >= 15 is 0 Å². The quantitative estimate of drug-likeness (QED) is 0.478. The second-order valence-corrected chi connectivity index (χ2v) is 4.84. The van der Waals surface area contributed by atoms with Crippen molar-refractivity contribution in [2.24, 2.45) is 0 Å². The largest absolute Gasteiger partial charge is 0.125 e. The predicted octanol–water partition coefficient (Wildman–Crippen LogP) is 3.95. The van der Waals surface area contributed by atoms with Gasteiger partial charge in [-0.25, -0.2) is 0 Å². The first kappa shape index (κ1) is 10.2. The van der Waals surface area contributed by atoms with Crippen LogP contribution < -0.4 is 0 Å². The maximum atomic E-state index is 3.26. The number of rotatable bonds is 0. The summed E-state index contributed by atoms with van der Waals surface area (Å²) in [6, 6.07) is 8.38. The van der Waals surface area contributed by atoms with E-state index in [2.05, 4.69) is 60.1 Å². The average molecular weight is 234 g/mol. The minimum atomic E-state index is 0.811. The third-order valence-corrected chi connectivity index (χ3v) is 3.70. The molecule has 80 valence electrons. The number of hydrogen-bond donors (Lipinski definition) is 0. The van der Waals surface area contributed by atoms with Gasteiger partial charge in [-0.3, -0.25) is 0 Å². The summed E-state index contributed by atoms with van der Waals surface area (Å²) in [6.45, 7) is 0. The second-order valence-electron chi connectivity index (χ2n) is 3.79. The molecule has 0 saturated heterocycles. The van der Waals surface area contributed by atoms with Crippen LogP contribution in [0.25, 0.3) is 10.1 Å².